The number of carbonyl (C=O) groups excluding carboxylic acids is 1. The number of rotatable bonds is 5. The van der Waals surface area contributed by atoms with Crippen LogP contribution in [0.4, 0.5) is 0 Å². The van der Waals surface area contributed by atoms with E-state index in [-0.39, 0.29) is 22.5 Å². The second-order valence-electron chi connectivity index (χ2n) is 10.4. The Kier molecular flexibility index (Phi) is 8.08. The molecule has 1 amide bonds. The summed E-state index contributed by atoms with van der Waals surface area (Å²) < 4.78 is 6.96. The number of amides is 1. The number of amidine groups is 1. The van der Waals surface area contributed by atoms with Crippen molar-refractivity contribution in [1.82, 2.24) is 19.8 Å². The van der Waals surface area contributed by atoms with Gasteiger partial charge in [0.1, 0.15) is 0 Å². The molecule has 2 N–H and O–H groups in total. The highest BCUT2D eigenvalue weighted by molar-refractivity contribution is 8.09. The number of nitrogens with one attached hydrogen (secondary N) is 2. The maximum atomic E-state index is 13.7. The second-order valence-corrected chi connectivity index (χ2v) is 11.2. The molecule has 2 saturated heterocycles. The molecular weight excluding hydrogens is 474 g/mol. The van der Waals surface area contributed by atoms with Gasteiger partial charge < -0.3 is 8.75 Å². The average Bonchev–Trinajstić information content (AvgIpc) is 3.10. The fourth-order valence-corrected chi connectivity index (χ4v) is 7.06. The summed E-state index contributed by atoms with van der Waals surface area (Å²) in [5.41, 5.74) is 0.872. The Hall–Kier alpha value is -2.23. The van der Waals surface area contributed by atoms with E-state index in [4.69, 9.17) is 9.59 Å². The molecular formula is C27H37N5O3S. The highest BCUT2D eigenvalue weighted by atomic mass is 32.2. The molecule has 2 aliphatic heterocycles. The van der Waals surface area contributed by atoms with E-state index in [0.29, 0.717) is 30.2 Å². The third-order valence-corrected chi connectivity index (χ3v) is 8.75. The van der Waals surface area contributed by atoms with Crippen LogP contribution in [-0.4, -0.2) is 50.3 Å². The number of carbonyl (C=O) groups is 1. The quantitative estimate of drug-likeness (QED) is 0.332. The lowest BCUT2D eigenvalue weighted by molar-refractivity contribution is 0.0497. The van der Waals surface area contributed by atoms with E-state index in [1.165, 1.54) is 57.8 Å². The summed E-state index contributed by atoms with van der Waals surface area (Å²) in [6.07, 6.45) is 13.6. The van der Waals surface area contributed by atoms with Gasteiger partial charge in [-0.05, 0) is 57.6 Å². The van der Waals surface area contributed by atoms with Crippen molar-refractivity contribution < 1.29 is 8.98 Å². The molecule has 9 heteroatoms. The predicted molar refractivity (Wildman–Crippen MR) is 143 cm³/mol. The van der Waals surface area contributed by atoms with Crippen LogP contribution in [0.25, 0.3) is 11.0 Å². The van der Waals surface area contributed by atoms with Crippen molar-refractivity contribution in [2.75, 3.05) is 6.61 Å². The largest absolute Gasteiger partial charge is 0.308 e. The van der Waals surface area contributed by atoms with Crippen LogP contribution in [0.15, 0.2) is 29.1 Å². The molecule has 1 aromatic heterocycles. The van der Waals surface area contributed by atoms with Crippen LogP contribution in [-0.2, 0) is 4.18 Å². The number of hydrogen-bond donors (Lipinski definition) is 2. The lowest BCUT2D eigenvalue weighted by atomic mass is 9.89. The third kappa shape index (κ3) is 5.24. The highest BCUT2D eigenvalue weighted by Gasteiger charge is 2.44. The topological polar surface area (TPSA) is 100 Å². The normalized spacial score (nSPS) is 25.4. The van der Waals surface area contributed by atoms with Gasteiger partial charge in [0.05, 0.1) is 29.7 Å². The van der Waals surface area contributed by atoms with Gasteiger partial charge in [-0.15, -0.1) is 0 Å². The minimum absolute atomic E-state index is 0.0384. The Bertz CT molecular complexity index is 1150. The monoisotopic (exact) mass is 511 g/mol. The predicted octanol–water partition coefficient (Wildman–Crippen LogP) is 5.03. The molecule has 2 bridgehead atoms. The molecule has 3 atom stereocenters. The highest BCUT2D eigenvalue weighted by Crippen LogP contribution is 2.44. The molecule has 194 valence electrons. The minimum atomic E-state index is -0.661. The van der Waals surface area contributed by atoms with Gasteiger partial charge in [0.25, 0.3) is 11.5 Å². The van der Waals surface area contributed by atoms with Gasteiger partial charge in [0.2, 0.25) is 0 Å². The third-order valence-electron chi connectivity index (χ3n) is 8.12. The number of piperidine rings is 1. The van der Waals surface area contributed by atoms with E-state index >= 15 is 0 Å². The van der Waals surface area contributed by atoms with Crippen LogP contribution >= 0.6 is 12.0 Å². The Morgan fingerprint density at radius 1 is 1.03 bits per heavy atom. The standard InChI is InChI=1S/C27H37N5O3S/c1-2-35-36-27(28)30-25(33)24-26(34)32(23-13-9-8-12-22(23)29-24)21-16-19-14-15-20(17-21)31(19)18-10-6-4-3-5-7-11-18/h8-9,12-13,18-21H,2-7,10-11,14-17H2,1H3,(H2,28,30,33)/t19-,20+,21+. The van der Waals surface area contributed by atoms with Crippen LogP contribution < -0.4 is 10.9 Å². The summed E-state index contributed by atoms with van der Waals surface area (Å²) in [6, 6.07) is 9.27. The first kappa shape index (κ1) is 25.4. The van der Waals surface area contributed by atoms with Crippen LogP contribution in [0.3, 0.4) is 0 Å². The first-order valence-electron chi connectivity index (χ1n) is 13.5. The zero-order chi connectivity index (χ0) is 25.1. The van der Waals surface area contributed by atoms with Gasteiger partial charge in [-0.1, -0.05) is 44.2 Å². The van der Waals surface area contributed by atoms with Crippen LogP contribution in [0, 0.1) is 5.41 Å². The van der Waals surface area contributed by atoms with Crippen molar-refractivity contribution in [1.29, 1.82) is 5.41 Å². The van der Waals surface area contributed by atoms with Crippen molar-refractivity contribution in [2.24, 2.45) is 0 Å². The fourth-order valence-electron chi connectivity index (χ4n) is 6.69. The number of hydrogen-bond acceptors (Lipinski definition) is 7. The van der Waals surface area contributed by atoms with Gasteiger partial charge in [-0.2, -0.15) is 0 Å². The number of nitrogens with zero attached hydrogens (tertiary/aromatic N) is 3. The summed E-state index contributed by atoms with van der Waals surface area (Å²) in [5.74, 6) is -0.661. The van der Waals surface area contributed by atoms with E-state index in [1.54, 1.807) is 6.92 Å². The van der Waals surface area contributed by atoms with E-state index in [9.17, 15) is 9.59 Å². The maximum Gasteiger partial charge on any atom is 0.282 e. The lowest BCUT2D eigenvalue weighted by Crippen LogP contribution is -2.50. The molecule has 0 spiro atoms. The molecule has 3 fully saturated rings. The number of benzene rings is 1. The SMILES string of the molecule is CCOSC(=N)NC(=O)c1nc2ccccc2n([C@H]2C[C@H]3CC[C@@H](C2)N3C2CCCCCCC2)c1=O. The lowest BCUT2D eigenvalue weighted by Gasteiger charge is -2.45. The van der Waals surface area contributed by atoms with Crippen molar-refractivity contribution in [2.45, 2.75) is 102 Å². The van der Waals surface area contributed by atoms with Gasteiger partial charge >= 0.3 is 0 Å². The van der Waals surface area contributed by atoms with Crippen molar-refractivity contribution in [3.63, 3.8) is 0 Å². The molecule has 0 radical (unpaired) electrons. The summed E-state index contributed by atoms with van der Waals surface area (Å²) in [7, 11) is 0. The smallest absolute Gasteiger partial charge is 0.282 e. The van der Waals surface area contributed by atoms with E-state index < -0.39 is 5.91 Å². The molecule has 3 aliphatic rings. The van der Waals surface area contributed by atoms with Gasteiger partial charge in [-0.3, -0.25) is 25.2 Å². The van der Waals surface area contributed by atoms with Crippen LogP contribution in [0.5, 0.6) is 0 Å². The summed E-state index contributed by atoms with van der Waals surface area (Å²) >= 11 is 0.776. The summed E-state index contributed by atoms with van der Waals surface area (Å²) in [5, 5.41) is 10.2. The Morgan fingerprint density at radius 2 is 1.69 bits per heavy atom. The number of para-hydroxylation sites is 2. The molecule has 36 heavy (non-hydrogen) atoms. The molecule has 5 rings (SSSR count). The molecule has 1 aliphatic carbocycles. The van der Waals surface area contributed by atoms with E-state index in [2.05, 4.69) is 15.2 Å². The summed E-state index contributed by atoms with van der Waals surface area (Å²) in [6.45, 7) is 2.22. The molecule has 8 nitrogen and oxygen atoms in total. The van der Waals surface area contributed by atoms with E-state index in [0.717, 1.165) is 30.4 Å². The van der Waals surface area contributed by atoms with Crippen LogP contribution in [0.1, 0.15) is 94.1 Å². The van der Waals surface area contributed by atoms with Gasteiger partial charge in [-0.25, -0.2) is 4.98 Å². The van der Waals surface area contributed by atoms with Crippen molar-refractivity contribution >= 4 is 34.2 Å². The Labute approximate surface area is 216 Å². The molecule has 0 unspecified atom stereocenters. The summed E-state index contributed by atoms with van der Waals surface area (Å²) in [4.78, 5) is 33.9. The maximum absolute atomic E-state index is 13.7. The van der Waals surface area contributed by atoms with Crippen molar-refractivity contribution in [3.8, 4) is 0 Å². The van der Waals surface area contributed by atoms with Crippen LogP contribution in [0.2, 0.25) is 0 Å². The Balaban J connectivity index is 1.43. The molecule has 1 aromatic carbocycles. The van der Waals surface area contributed by atoms with Crippen molar-refractivity contribution in [3.05, 3.63) is 40.3 Å². The zero-order valence-electron chi connectivity index (χ0n) is 21.1. The number of fused-ring (bicyclic) bond motifs is 3. The average molecular weight is 512 g/mol. The van der Waals surface area contributed by atoms with E-state index in [1.807, 2.05) is 28.8 Å². The zero-order valence-corrected chi connectivity index (χ0v) is 21.9. The minimum Gasteiger partial charge on any atom is -0.308 e. The first-order chi connectivity index (χ1) is 17.6. The molecule has 3 heterocycles. The first-order valence-corrected chi connectivity index (χ1v) is 14.3. The second kappa shape index (κ2) is 11.4. The molecule has 1 saturated carbocycles. The number of aromatic nitrogens is 2. The Morgan fingerprint density at radius 3 is 2.39 bits per heavy atom. The van der Waals surface area contributed by atoms with Gasteiger partial charge in [0, 0.05) is 24.2 Å². The molecule has 2 aromatic rings. The van der Waals surface area contributed by atoms with Gasteiger partial charge in [0.15, 0.2) is 10.9 Å². The fraction of sp³-hybridized carbons (Fsp3) is 0.630.